The van der Waals surface area contributed by atoms with Crippen LogP contribution in [0.3, 0.4) is 0 Å². The van der Waals surface area contributed by atoms with Crippen molar-refractivity contribution in [1.82, 2.24) is 4.90 Å². The summed E-state index contributed by atoms with van der Waals surface area (Å²) in [7, 11) is 1.71. The predicted molar refractivity (Wildman–Crippen MR) is 62.0 cm³/mol. The first-order valence-electron chi connectivity index (χ1n) is 5.24. The van der Waals surface area contributed by atoms with E-state index in [0.717, 1.165) is 0 Å². The Morgan fingerprint density at radius 1 is 1.29 bits per heavy atom. The van der Waals surface area contributed by atoms with E-state index in [0.29, 0.717) is 12.1 Å². The minimum atomic E-state index is -0.429. The van der Waals surface area contributed by atoms with Crippen molar-refractivity contribution in [2.75, 3.05) is 20.1 Å². The van der Waals surface area contributed by atoms with Crippen LogP contribution in [-0.4, -0.2) is 36.7 Å². The molecule has 4 nitrogen and oxygen atoms in total. The summed E-state index contributed by atoms with van der Waals surface area (Å²) in [4.78, 5) is 24.0. The van der Waals surface area contributed by atoms with Crippen LogP contribution in [-0.2, 0) is 4.79 Å². The Balaban J connectivity index is 2.44. The minimum absolute atomic E-state index is 0.0821. The van der Waals surface area contributed by atoms with Crippen LogP contribution in [0.5, 0.6) is 0 Å². The molecule has 0 aliphatic carbocycles. The average Bonchev–Trinajstić information content (AvgIpc) is 2.26. The van der Waals surface area contributed by atoms with Crippen LogP contribution in [0.2, 0.25) is 0 Å². The van der Waals surface area contributed by atoms with E-state index in [9.17, 15) is 14.0 Å². The standard InChI is InChI=1S/C12H15FN2O2/c1-15(8-12(14)17)7-6-11(16)9-2-4-10(13)5-3-9/h2-5H,6-8H2,1H3,(H2,14,17). The zero-order chi connectivity index (χ0) is 12.8. The number of benzene rings is 1. The van der Waals surface area contributed by atoms with Crippen molar-refractivity contribution in [3.05, 3.63) is 35.6 Å². The maximum absolute atomic E-state index is 12.6. The van der Waals surface area contributed by atoms with Crippen LogP contribution in [0.4, 0.5) is 4.39 Å². The maximum Gasteiger partial charge on any atom is 0.231 e. The SMILES string of the molecule is CN(CCC(=O)c1ccc(F)cc1)CC(N)=O. The number of carbonyl (C=O) groups excluding carboxylic acids is 2. The topological polar surface area (TPSA) is 63.4 Å². The Bertz CT molecular complexity index is 403. The number of hydrogen-bond acceptors (Lipinski definition) is 3. The molecule has 5 heteroatoms. The smallest absolute Gasteiger partial charge is 0.231 e. The molecule has 1 amide bonds. The highest BCUT2D eigenvalue weighted by Crippen LogP contribution is 2.06. The van der Waals surface area contributed by atoms with Gasteiger partial charge in [-0.2, -0.15) is 0 Å². The molecule has 0 aliphatic heterocycles. The number of carbonyl (C=O) groups is 2. The average molecular weight is 238 g/mol. The first-order chi connectivity index (χ1) is 7.99. The Labute approximate surface area is 99.2 Å². The lowest BCUT2D eigenvalue weighted by molar-refractivity contribution is -0.118. The first kappa shape index (κ1) is 13.3. The molecule has 0 bridgehead atoms. The van der Waals surface area contributed by atoms with E-state index < -0.39 is 5.91 Å². The molecule has 0 saturated heterocycles. The van der Waals surface area contributed by atoms with Crippen LogP contribution >= 0.6 is 0 Å². The monoisotopic (exact) mass is 238 g/mol. The van der Waals surface area contributed by atoms with E-state index in [1.54, 1.807) is 11.9 Å². The number of ketones is 1. The van der Waals surface area contributed by atoms with Crippen molar-refractivity contribution < 1.29 is 14.0 Å². The van der Waals surface area contributed by atoms with Crippen LogP contribution in [0.15, 0.2) is 24.3 Å². The molecule has 1 aromatic rings. The molecule has 1 rings (SSSR count). The summed E-state index contributed by atoms with van der Waals surface area (Å²) in [6.07, 6.45) is 0.273. The molecule has 17 heavy (non-hydrogen) atoms. The van der Waals surface area contributed by atoms with Gasteiger partial charge in [0.15, 0.2) is 5.78 Å². The van der Waals surface area contributed by atoms with Crippen molar-refractivity contribution in [3.63, 3.8) is 0 Å². The van der Waals surface area contributed by atoms with Gasteiger partial charge < -0.3 is 5.73 Å². The molecule has 0 unspecified atom stereocenters. The van der Waals surface area contributed by atoms with E-state index in [-0.39, 0.29) is 24.6 Å². The second-order valence-corrected chi connectivity index (χ2v) is 3.88. The van der Waals surface area contributed by atoms with E-state index in [1.807, 2.05) is 0 Å². The molecule has 0 atom stereocenters. The molecule has 0 radical (unpaired) electrons. The molecule has 2 N–H and O–H groups in total. The van der Waals surface area contributed by atoms with Gasteiger partial charge in [0.25, 0.3) is 0 Å². The van der Waals surface area contributed by atoms with Crippen LogP contribution < -0.4 is 5.73 Å². The quantitative estimate of drug-likeness (QED) is 0.746. The second-order valence-electron chi connectivity index (χ2n) is 3.88. The highest BCUT2D eigenvalue weighted by molar-refractivity contribution is 5.96. The third-order valence-electron chi connectivity index (χ3n) is 2.31. The summed E-state index contributed by atoms with van der Waals surface area (Å²) in [6, 6.07) is 5.40. The summed E-state index contributed by atoms with van der Waals surface area (Å²) in [6.45, 7) is 0.565. The highest BCUT2D eigenvalue weighted by atomic mass is 19.1. The zero-order valence-electron chi connectivity index (χ0n) is 9.65. The largest absolute Gasteiger partial charge is 0.369 e. The summed E-state index contributed by atoms with van der Waals surface area (Å²) in [5.41, 5.74) is 5.49. The Kier molecular flexibility index (Phi) is 4.78. The predicted octanol–water partition coefficient (Wildman–Crippen LogP) is 0.816. The van der Waals surface area contributed by atoms with Gasteiger partial charge in [0.05, 0.1) is 6.54 Å². The van der Waals surface area contributed by atoms with E-state index in [2.05, 4.69) is 0 Å². The molecule has 92 valence electrons. The van der Waals surface area contributed by atoms with E-state index >= 15 is 0 Å². The first-order valence-corrected chi connectivity index (χ1v) is 5.24. The minimum Gasteiger partial charge on any atom is -0.369 e. The van der Waals surface area contributed by atoms with Crippen molar-refractivity contribution in [2.45, 2.75) is 6.42 Å². The zero-order valence-corrected chi connectivity index (χ0v) is 9.65. The van der Waals surface area contributed by atoms with Gasteiger partial charge in [0, 0.05) is 18.5 Å². The fraction of sp³-hybridized carbons (Fsp3) is 0.333. The number of halogens is 1. The molecular formula is C12H15FN2O2. The fourth-order valence-electron chi connectivity index (χ4n) is 1.42. The molecule has 0 aromatic heterocycles. The number of amides is 1. The van der Waals surface area contributed by atoms with Gasteiger partial charge in [-0.3, -0.25) is 14.5 Å². The molecule has 1 aromatic carbocycles. The van der Waals surface area contributed by atoms with Crippen molar-refractivity contribution in [3.8, 4) is 0 Å². The normalized spacial score (nSPS) is 10.5. The summed E-state index contributed by atoms with van der Waals surface area (Å²) in [5, 5.41) is 0. The summed E-state index contributed by atoms with van der Waals surface area (Å²) in [5.74, 6) is -0.879. The van der Waals surface area contributed by atoms with Crippen molar-refractivity contribution in [1.29, 1.82) is 0 Å². The third-order valence-corrected chi connectivity index (χ3v) is 2.31. The number of primary amides is 1. The Hall–Kier alpha value is -1.75. The molecule has 0 fully saturated rings. The van der Waals surface area contributed by atoms with Gasteiger partial charge in [-0.25, -0.2) is 4.39 Å². The third kappa shape index (κ3) is 4.74. The summed E-state index contributed by atoms with van der Waals surface area (Å²) >= 11 is 0. The Morgan fingerprint density at radius 3 is 2.41 bits per heavy atom. The lowest BCUT2D eigenvalue weighted by Gasteiger charge is -2.13. The van der Waals surface area contributed by atoms with Gasteiger partial charge in [-0.05, 0) is 31.3 Å². The number of likely N-dealkylation sites (N-methyl/N-ethyl adjacent to an activating group) is 1. The van der Waals surface area contributed by atoms with E-state index in [4.69, 9.17) is 5.73 Å². The van der Waals surface area contributed by atoms with E-state index in [1.165, 1.54) is 24.3 Å². The fourth-order valence-corrected chi connectivity index (χ4v) is 1.42. The molecule has 0 aliphatic rings. The van der Waals surface area contributed by atoms with Gasteiger partial charge in [-0.15, -0.1) is 0 Å². The molecule has 0 spiro atoms. The van der Waals surface area contributed by atoms with Gasteiger partial charge >= 0.3 is 0 Å². The number of rotatable bonds is 6. The number of Topliss-reactive ketones (excluding diaryl/α,β-unsaturated/α-hetero) is 1. The van der Waals surface area contributed by atoms with Crippen LogP contribution in [0, 0.1) is 5.82 Å². The molecule has 0 heterocycles. The number of nitrogens with two attached hydrogens (primary N) is 1. The van der Waals surface area contributed by atoms with Crippen molar-refractivity contribution in [2.24, 2.45) is 5.73 Å². The highest BCUT2D eigenvalue weighted by Gasteiger charge is 2.08. The van der Waals surface area contributed by atoms with Gasteiger partial charge in [0.2, 0.25) is 5.91 Å². The van der Waals surface area contributed by atoms with Crippen LogP contribution in [0.25, 0.3) is 0 Å². The molecule has 0 saturated carbocycles. The number of nitrogens with zero attached hydrogens (tertiary/aromatic N) is 1. The molecular weight excluding hydrogens is 223 g/mol. The second kappa shape index (κ2) is 6.10. The van der Waals surface area contributed by atoms with Gasteiger partial charge in [-0.1, -0.05) is 0 Å². The summed E-state index contributed by atoms with van der Waals surface area (Å²) < 4.78 is 12.6. The van der Waals surface area contributed by atoms with Gasteiger partial charge in [0.1, 0.15) is 5.82 Å². The lowest BCUT2D eigenvalue weighted by atomic mass is 10.1. The van der Waals surface area contributed by atoms with Crippen molar-refractivity contribution >= 4 is 11.7 Å². The Morgan fingerprint density at radius 2 is 1.88 bits per heavy atom. The maximum atomic E-state index is 12.6. The van der Waals surface area contributed by atoms with Crippen LogP contribution in [0.1, 0.15) is 16.8 Å². The lowest BCUT2D eigenvalue weighted by Crippen LogP contribution is -2.32. The number of hydrogen-bond donors (Lipinski definition) is 1.